The van der Waals surface area contributed by atoms with Crippen molar-refractivity contribution < 1.29 is 0 Å². The van der Waals surface area contributed by atoms with E-state index in [1.165, 1.54) is 0 Å². The Hall–Kier alpha value is -0.790. The highest BCUT2D eigenvalue weighted by Crippen LogP contribution is 2.08. The fourth-order valence-corrected chi connectivity index (χ4v) is 0.896. The van der Waals surface area contributed by atoms with Crippen LogP contribution in [0.4, 0.5) is 0 Å². The number of nitrogens with zero attached hydrogens (tertiary/aromatic N) is 1. The maximum absolute atomic E-state index is 5.67. The zero-order valence-electron chi connectivity index (χ0n) is 7.89. The van der Waals surface area contributed by atoms with E-state index in [4.69, 9.17) is 5.73 Å². The first kappa shape index (κ1) is 10.2. The molecular weight excluding hydrogens is 136 g/mol. The van der Waals surface area contributed by atoms with E-state index in [1.807, 2.05) is 20.1 Å². The minimum absolute atomic E-state index is 0.468. The highest BCUT2D eigenvalue weighted by molar-refractivity contribution is 5.79. The number of hydrogen-bond donors (Lipinski definition) is 1. The lowest BCUT2D eigenvalue weighted by atomic mass is 10.0. The zero-order valence-corrected chi connectivity index (χ0v) is 7.89. The first-order valence-electron chi connectivity index (χ1n) is 4.05. The molecule has 0 spiro atoms. The van der Waals surface area contributed by atoms with Gasteiger partial charge in [-0.15, -0.1) is 0 Å². The van der Waals surface area contributed by atoms with Gasteiger partial charge >= 0.3 is 0 Å². The number of allylic oxidation sites excluding steroid dienone is 2. The number of hydrogen-bond acceptors (Lipinski definition) is 2. The molecule has 0 unspecified atom stereocenters. The van der Waals surface area contributed by atoms with Crippen molar-refractivity contribution in [2.45, 2.75) is 27.7 Å². The maximum atomic E-state index is 5.67. The zero-order chi connectivity index (χ0) is 8.85. The summed E-state index contributed by atoms with van der Waals surface area (Å²) in [4.78, 5) is 4.15. The van der Waals surface area contributed by atoms with E-state index in [0.29, 0.717) is 5.92 Å². The van der Waals surface area contributed by atoms with Gasteiger partial charge in [0, 0.05) is 18.5 Å². The quantitative estimate of drug-likeness (QED) is 0.620. The lowest BCUT2D eigenvalue weighted by molar-refractivity contribution is 0.792. The van der Waals surface area contributed by atoms with Crippen LogP contribution in [0, 0.1) is 5.92 Å². The van der Waals surface area contributed by atoms with Gasteiger partial charge in [-0.25, -0.2) is 0 Å². The van der Waals surface area contributed by atoms with E-state index >= 15 is 0 Å². The Morgan fingerprint density at radius 3 is 2.36 bits per heavy atom. The lowest BCUT2D eigenvalue weighted by Crippen LogP contribution is -2.05. The third kappa shape index (κ3) is 3.81. The first-order valence-corrected chi connectivity index (χ1v) is 4.05. The van der Waals surface area contributed by atoms with Gasteiger partial charge in [-0.3, -0.25) is 4.99 Å². The average molecular weight is 154 g/mol. The fourth-order valence-electron chi connectivity index (χ4n) is 0.896. The predicted molar refractivity (Wildman–Crippen MR) is 50.8 cm³/mol. The Kier molecular flexibility index (Phi) is 4.59. The van der Waals surface area contributed by atoms with Gasteiger partial charge in [0.05, 0.1) is 0 Å². The molecule has 0 radical (unpaired) electrons. The lowest BCUT2D eigenvalue weighted by Gasteiger charge is -2.07. The van der Waals surface area contributed by atoms with Crippen LogP contribution in [0.3, 0.4) is 0 Å². The van der Waals surface area contributed by atoms with Crippen LogP contribution < -0.4 is 5.73 Å². The van der Waals surface area contributed by atoms with E-state index in [1.54, 1.807) is 0 Å². The molecule has 0 aliphatic carbocycles. The van der Waals surface area contributed by atoms with Crippen molar-refractivity contribution in [1.82, 2.24) is 0 Å². The van der Waals surface area contributed by atoms with Crippen LogP contribution in [0.25, 0.3) is 0 Å². The van der Waals surface area contributed by atoms with Gasteiger partial charge in [-0.05, 0) is 25.3 Å². The summed E-state index contributed by atoms with van der Waals surface area (Å²) in [6.07, 6.45) is 1.88. The van der Waals surface area contributed by atoms with Crippen LogP contribution in [0.1, 0.15) is 27.7 Å². The molecule has 0 aromatic carbocycles. The number of nitrogens with two attached hydrogens (primary N) is 1. The molecule has 2 nitrogen and oxygen atoms in total. The van der Waals surface area contributed by atoms with Crippen LogP contribution in [-0.4, -0.2) is 12.8 Å². The molecule has 0 atom stereocenters. The van der Waals surface area contributed by atoms with E-state index in [2.05, 4.69) is 18.8 Å². The second-order valence-electron chi connectivity index (χ2n) is 2.92. The Bertz CT molecular complexity index is 162. The van der Waals surface area contributed by atoms with Gasteiger partial charge < -0.3 is 5.73 Å². The third-order valence-corrected chi connectivity index (χ3v) is 1.49. The molecule has 2 N–H and O–H groups in total. The summed E-state index contributed by atoms with van der Waals surface area (Å²) in [7, 11) is 0. The molecule has 0 aromatic rings. The number of rotatable bonds is 3. The van der Waals surface area contributed by atoms with Crippen molar-refractivity contribution in [1.29, 1.82) is 0 Å². The summed E-state index contributed by atoms with van der Waals surface area (Å²) in [6.45, 7) is 8.99. The Balaban J connectivity index is 4.38. The molecule has 0 saturated carbocycles. The number of aliphatic imine (C=N–C) groups is 1. The molecule has 0 aromatic heterocycles. The topological polar surface area (TPSA) is 38.4 Å². The summed E-state index contributed by atoms with van der Waals surface area (Å²) in [5.74, 6) is 0.468. The van der Waals surface area contributed by atoms with Gasteiger partial charge in [0.15, 0.2) is 0 Å². The molecule has 0 aliphatic rings. The van der Waals surface area contributed by atoms with Gasteiger partial charge in [-0.2, -0.15) is 0 Å². The summed E-state index contributed by atoms with van der Waals surface area (Å²) < 4.78 is 0. The summed E-state index contributed by atoms with van der Waals surface area (Å²) in [5, 5.41) is 0. The van der Waals surface area contributed by atoms with Crippen LogP contribution >= 0.6 is 0 Å². The van der Waals surface area contributed by atoms with Crippen LogP contribution in [0.5, 0.6) is 0 Å². The predicted octanol–water partition coefficient (Wildman–Crippen LogP) is 1.97. The van der Waals surface area contributed by atoms with Gasteiger partial charge in [-0.1, -0.05) is 13.8 Å². The minimum Gasteiger partial charge on any atom is -0.402 e. The summed E-state index contributed by atoms with van der Waals surface area (Å²) in [5.41, 5.74) is 7.68. The third-order valence-electron chi connectivity index (χ3n) is 1.49. The molecule has 0 aliphatic heterocycles. The Morgan fingerprint density at radius 2 is 2.09 bits per heavy atom. The molecule has 0 saturated heterocycles. The van der Waals surface area contributed by atoms with Gasteiger partial charge in [0.25, 0.3) is 0 Å². The average Bonchev–Trinajstić information content (AvgIpc) is 1.87. The summed E-state index contributed by atoms with van der Waals surface area (Å²) >= 11 is 0. The molecule has 0 heterocycles. The van der Waals surface area contributed by atoms with E-state index in [-0.39, 0.29) is 0 Å². The monoisotopic (exact) mass is 154 g/mol. The van der Waals surface area contributed by atoms with Crippen molar-refractivity contribution in [3.63, 3.8) is 0 Å². The van der Waals surface area contributed by atoms with Crippen molar-refractivity contribution in [2.75, 3.05) is 6.54 Å². The smallest absolute Gasteiger partial charge is 0.0361 e. The normalized spacial score (nSPS) is 14.3. The largest absolute Gasteiger partial charge is 0.402 e. The fraction of sp³-hybridized carbons (Fsp3) is 0.667. The molecule has 2 heteroatoms. The molecular formula is C9H18N2. The second-order valence-corrected chi connectivity index (χ2v) is 2.92. The summed E-state index contributed by atoms with van der Waals surface area (Å²) in [6, 6.07) is 0. The van der Waals surface area contributed by atoms with Gasteiger partial charge in [0.1, 0.15) is 0 Å². The Labute approximate surface area is 69.2 Å². The van der Waals surface area contributed by atoms with Crippen LogP contribution in [-0.2, 0) is 0 Å². The maximum Gasteiger partial charge on any atom is 0.0361 e. The molecule has 0 amide bonds. The van der Waals surface area contributed by atoms with Crippen molar-refractivity contribution in [3.8, 4) is 0 Å². The molecule has 0 rings (SSSR count). The van der Waals surface area contributed by atoms with E-state index in [9.17, 15) is 0 Å². The van der Waals surface area contributed by atoms with Crippen molar-refractivity contribution in [2.24, 2.45) is 16.6 Å². The minimum atomic E-state index is 0.468. The van der Waals surface area contributed by atoms with E-state index in [0.717, 1.165) is 17.8 Å². The van der Waals surface area contributed by atoms with Crippen LogP contribution in [0.2, 0.25) is 0 Å². The molecule has 64 valence electrons. The highest BCUT2D eigenvalue weighted by Gasteiger charge is 2.01. The van der Waals surface area contributed by atoms with Crippen molar-refractivity contribution >= 4 is 6.21 Å². The second kappa shape index (κ2) is 4.94. The van der Waals surface area contributed by atoms with Gasteiger partial charge in [0.2, 0.25) is 0 Å². The Morgan fingerprint density at radius 1 is 1.55 bits per heavy atom. The van der Waals surface area contributed by atoms with Crippen LogP contribution in [0.15, 0.2) is 16.3 Å². The van der Waals surface area contributed by atoms with Crippen molar-refractivity contribution in [3.05, 3.63) is 11.3 Å². The SMILES string of the molecule is CCN=C/C(=C(/C)N)C(C)C. The van der Waals surface area contributed by atoms with E-state index < -0.39 is 0 Å². The first-order chi connectivity index (χ1) is 5.09. The molecule has 11 heavy (non-hydrogen) atoms. The molecule has 0 bridgehead atoms. The standard InChI is InChI=1S/C9H18N2/c1-5-11-6-9(7(2)3)8(4)10/h6-7H,5,10H2,1-4H3/b9-8+,11-6?. The molecule has 0 fully saturated rings. The highest BCUT2D eigenvalue weighted by atomic mass is 14.7.